The topological polar surface area (TPSA) is 22.1 Å². The average Bonchev–Trinajstić information content (AvgIpc) is 2.82. The van der Waals surface area contributed by atoms with Crippen molar-refractivity contribution < 1.29 is 4.74 Å². The van der Waals surface area contributed by atoms with Crippen molar-refractivity contribution in [2.45, 2.75) is 12.8 Å². The third kappa shape index (κ3) is 2.79. The molecular weight excluding hydrogens is 258 g/mol. The van der Waals surface area contributed by atoms with E-state index in [1.54, 1.807) is 13.3 Å². The molecule has 3 rings (SSSR count). The van der Waals surface area contributed by atoms with Crippen LogP contribution < -0.4 is 4.74 Å². The fourth-order valence-corrected chi connectivity index (χ4v) is 2.42. The summed E-state index contributed by atoms with van der Waals surface area (Å²) in [6.07, 6.45) is 8.12. The van der Waals surface area contributed by atoms with Gasteiger partial charge in [0.2, 0.25) is 0 Å². The van der Waals surface area contributed by atoms with E-state index in [1.807, 2.05) is 18.3 Å². The summed E-state index contributed by atoms with van der Waals surface area (Å²) >= 11 is 0. The molecule has 0 saturated heterocycles. The summed E-state index contributed by atoms with van der Waals surface area (Å²) in [4.78, 5) is 4.15. The number of halogens is 1. The van der Waals surface area contributed by atoms with Crippen LogP contribution >= 0.6 is 12.4 Å². The molecule has 1 aliphatic carbocycles. The summed E-state index contributed by atoms with van der Waals surface area (Å²) in [5.41, 5.74) is 5.25. The number of methoxy groups -OCH3 is 1. The van der Waals surface area contributed by atoms with Crippen molar-refractivity contribution in [1.29, 1.82) is 0 Å². The number of benzene rings is 1. The Hall–Kier alpha value is -1.80. The number of aryl methyl sites for hydroxylation is 1. The van der Waals surface area contributed by atoms with Crippen LogP contribution in [0.1, 0.15) is 23.1 Å². The molecule has 0 amide bonds. The number of pyridine rings is 1. The van der Waals surface area contributed by atoms with Gasteiger partial charge in [-0.1, -0.05) is 12.1 Å². The molecule has 0 atom stereocenters. The molecule has 0 unspecified atom stereocenters. The molecule has 0 bridgehead atoms. The minimum atomic E-state index is 0. The summed E-state index contributed by atoms with van der Waals surface area (Å²) in [5, 5.41) is 0. The quantitative estimate of drug-likeness (QED) is 0.825. The summed E-state index contributed by atoms with van der Waals surface area (Å²) in [5.74, 6) is 0.924. The van der Waals surface area contributed by atoms with Gasteiger partial charge in [-0.15, -0.1) is 12.4 Å². The highest BCUT2D eigenvalue weighted by Gasteiger charge is 2.16. The lowest BCUT2D eigenvalue weighted by Gasteiger charge is -2.05. The molecule has 2 nitrogen and oxygen atoms in total. The van der Waals surface area contributed by atoms with E-state index in [0.717, 1.165) is 24.2 Å². The van der Waals surface area contributed by atoms with Crippen molar-refractivity contribution in [3.63, 3.8) is 0 Å². The molecule has 1 aromatic heterocycles. The lowest BCUT2D eigenvalue weighted by molar-refractivity contribution is 0.414. The van der Waals surface area contributed by atoms with Gasteiger partial charge in [-0.05, 0) is 59.4 Å². The molecule has 0 aliphatic heterocycles. The van der Waals surface area contributed by atoms with Crippen molar-refractivity contribution in [2.75, 3.05) is 7.11 Å². The zero-order valence-electron chi connectivity index (χ0n) is 10.8. The van der Waals surface area contributed by atoms with Gasteiger partial charge in [0, 0.05) is 12.4 Å². The van der Waals surface area contributed by atoms with Gasteiger partial charge in [-0.2, -0.15) is 0 Å². The third-order valence-electron chi connectivity index (χ3n) is 3.35. The van der Waals surface area contributed by atoms with Crippen LogP contribution in [0.3, 0.4) is 0 Å². The van der Waals surface area contributed by atoms with Gasteiger partial charge < -0.3 is 4.74 Å². The first-order valence-corrected chi connectivity index (χ1v) is 6.15. The minimum Gasteiger partial charge on any atom is -0.497 e. The highest BCUT2D eigenvalue weighted by molar-refractivity contribution is 5.86. The molecule has 98 valence electrons. The normalized spacial score (nSPS) is 14.9. The van der Waals surface area contributed by atoms with E-state index >= 15 is 0 Å². The van der Waals surface area contributed by atoms with Crippen LogP contribution in [-0.2, 0) is 6.42 Å². The third-order valence-corrected chi connectivity index (χ3v) is 3.35. The predicted octanol–water partition coefficient (Wildman–Crippen LogP) is 4.00. The second kappa shape index (κ2) is 5.89. The Morgan fingerprint density at radius 2 is 2.11 bits per heavy atom. The fourth-order valence-electron chi connectivity index (χ4n) is 2.42. The van der Waals surface area contributed by atoms with Gasteiger partial charge in [0.25, 0.3) is 0 Å². The number of aromatic nitrogens is 1. The average molecular weight is 274 g/mol. The van der Waals surface area contributed by atoms with E-state index in [-0.39, 0.29) is 12.4 Å². The summed E-state index contributed by atoms with van der Waals surface area (Å²) in [7, 11) is 1.71. The Labute approximate surface area is 119 Å². The van der Waals surface area contributed by atoms with Crippen LogP contribution in [0.4, 0.5) is 0 Å². The van der Waals surface area contributed by atoms with Gasteiger partial charge in [-0.25, -0.2) is 0 Å². The van der Waals surface area contributed by atoms with E-state index < -0.39 is 0 Å². The van der Waals surface area contributed by atoms with E-state index in [0.29, 0.717) is 0 Å². The number of rotatable bonds is 2. The number of nitrogens with zero attached hydrogens (tertiary/aromatic N) is 1. The lowest BCUT2D eigenvalue weighted by Crippen LogP contribution is -1.86. The van der Waals surface area contributed by atoms with Crippen molar-refractivity contribution in [1.82, 2.24) is 4.98 Å². The highest BCUT2D eigenvalue weighted by atomic mass is 35.5. The summed E-state index contributed by atoms with van der Waals surface area (Å²) in [6, 6.07) is 10.4. The zero-order valence-corrected chi connectivity index (χ0v) is 11.6. The Bertz CT molecular complexity index is 593. The maximum Gasteiger partial charge on any atom is 0.119 e. The summed E-state index contributed by atoms with van der Waals surface area (Å²) in [6.45, 7) is 0. The van der Waals surface area contributed by atoms with Gasteiger partial charge in [0.05, 0.1) is 7.11 Å². The molecule has 0 N–H and O–H groups in total. The van der Waals surface area contributed by atoms with Crippen LogP contribution in [0.5, 0.6) is 5.75 Å². The SMILES string of the molecule is COc1ccc2c(c1)/C(=C/c1cccnc1)CC2.Cl. The van der Waals surface area contributed by atoms with Crippen molar-refractivity contribution in [3.05, 3.63) is 59.4 Å². The Kier molecular flexibility index (Phi) is 4.23. The van der Waals surface area contributed by atoms with Gasteiger partial charge in [0.1, 0.15) is 5.75 Å². The molecular formula is C16H16ClNO. The number of hydrogen-bond acceptors (Lipinski definition) is 2. The molecule has 1 aliphatic rings. The smallest absolute Gasteiger partial charge is 0.119 e. The lowest BCUT2D eigenvalue weighted by atomic mass is 10.0. The molecule has 19 heavy (non-hydrogen) atoms. The molecule has 1 heterocycles. The molecule has 3 heteroatoms. The highest BCUT2D eigenvalue weighted by Crippen LogP contribution is 2.35. The van der Waals surface area contributed by atoms with E-state index in [9.17, 15) is 0 Å². The first-order chi connectivity index (χ1) is 8.86. The molecule has 0 radical (unpaired) electrons. The first kappa shape index (κ1) is 13.6. The van der Waals surface area contributed by atoms with E-state index in [2.05, 4.69) is 29.3 Å². The predicted molar refractivity (Wildman–Crippen MR) is 80.7 cm³/mol. The standard InChI is InChI=1S/C16H15NO.ClH/c1-18-15-7-6-13-4-5-14(16(13)10-15)9-12-3-2-8-17-11-12;/h2-3,6-11H,4-5H2,1H3;1H/b14-9+;. The van der Waals surface area contributed by atoms with Crippen LogP contribution in [0.15, 0.2) is 42.7 Å². The number of fused-ring (bicyclic) bond motifs is 1. The van der Waals surface area contributed by atoms with Crippen molar-refractivity contribution in [2.24, 2.45) is 0 Å². The molecule has 0 fully saturated rings. The van der Waals surface area contributed by atoms with Gasteiger partial charge in [0.15, 0.2) is 0 Å². The largest absolute Gasteiger partial charge is 0.497 e. The Morgan fingerprint density at radius 3 is 2.84 bits per heavy atom. The van der Waals surface area contributed by atoms with Crippen molar-refractivity contribution in [3.8, 4) is 5.75 Å². The molecule has 1 aromatic carbocycles. The Balaban J connectivity index is 0.00000133. The van der Waals surface area contributed by atoms with Gasteiger partial charge in [-0.3, -0.25) is 4.98 Å². The van der Waals surface area contributed by atoms with Gasteiger partial charge >= 0.3 is 0 Å². The minimum absolute atomic E-state index is 0. The second-order valence-electron chi connectivity index (χ2n) is 4.48. The second-order valence-corrected chi connectivity index (χ2v) is 4.48. The Morgan fingerprint density at radius 1 is 1.21 bits per heavy atom. The number of ether oxygens (including phenoxy) is 1. The maximum absolute atomic E-state index is 5.30. The maximum atomic E-state index is 5.30. The fraction of sp³-hybridized carbons (Fsp3) is 0.188. The van der Waals surface area contributed by atoms with Crippen LogP contribution in [0.25, 0.3) is 11.6 Å². The van der Waals surface area contributed by atoms with Crippen LogP contribution in [-0.4, -0.2) is 12.1 Å². The zero-order chi connectivity index (χ0) is 12.4. The monoisotopic (exact) mass is 273 g/mol. The summed E-state index contributed by atoms with van der Waals surface area (Å²) < 4.78 is 5.30. The van der Waals surface area contributed by atoms with Crippen LogP contribution in [0, 0.1) is 0 Å². The molecule has 0 spiro atoms. The van der Waals surface area contributed by atoms with E-state index in [1.165, 1.54) is 16.7 Å². The number of allylic oxidation sites excluding steroid dienone is 1. The molecule has 0 saturated carbocycles. The van der Waals surface area contributed by atoms with Crippen molar-refractivity contribution >= 4 is 24.1 Å². The van der Waals surface area contributed by atoms with Crippen LogP contribution in [0.2, 0.25) is 0 Å². The van der Waals surface area contributed by atoms with E-state index in [4.69, 9.17) is 4.74 Å². The number of hydrogen-bond donors (Lipinski definition) is 0. The first-order valence-electron chi connectivity index (χ1n) is 6.15. The molecule has 2 aromatic rings.